The smallest absolute Gasteiger partial charge is 0.292 e. The first-order valence-electron chi connectivity index (χ1n) is 8.83. The van der Waals surface area contributed by atoms with Crippen LogP contribution in [0.4, 0.5) is 0 Å². The van der Waals surface area contributed by atoms with E-state index in [-0.39, 0.29) is 11.3 Å². The minimum Gasteiger partial charge on any atom is -0.388 e. The molecule has 0 atom stereocenters. The summed E-state index contributed by atoms with van der Waals surface area (Å²) in [6.07, 6.45) is 6.81. The highest BCUT2D eigenvalue weighted by Gasteiger charge is 2.31. The van der Waals surface area contributed by atoms with E-state index in [2.05, 4.69) is 20.8 Å². The van der Waals surface area contributed by atoms with Crippen molar-refractivity contribution in [1.82, 2.24) is 0 Å². The minimum absolute atomic E-state index is 0.0468. The highest BCUT2D eigenvalue weighted by Crippen LogP contribution is 2.44. The molecule has 0 fully saturated rings. The van der Waals surface area contributed by atoms with Crippen LogP contribution in [0.2, 0.25) is 0 Å². The number of unbranched alkanes of at least 4 members (excludes halogenated alkanes) is 1. The van der Waals surface area contributed by atoms with Crippen molar-refractivity contribution < 1.29 is 9.47 Å². The molecule has 4 nitrogen and oxygen atoms in total. The van der Waals surface area contributed by atoms with Crippen molar-refractivity contribution in [3.05, 3.63) is 59.7 Å². The van der Waals surface area contributed by atoms with Gasteiger partial charge in [0.1, 0.15) is 11.5 Å². The summed E-state index contributed by atoms with van der Waals surface area (Å²) in [5.74, 6) is 1.26. The van der Waals surface area contributed by atoms with Gasteiger partial charge >= 0.3 is 0 Å². The van der Waals surface area contributed by atoms with E-state index in [0.717, 1.165) is 19.3 Å². The molecule has 0 saturated heterocycles. The van der Waals surface area contributed by atoms with Gasteiger partial charge in [-0.3, -0.25) is 0 Å². The van der Waals surface area contributed by atoms with E-state index in [1.165, 1.54) is 11.1 Å². The fourth-order valence-corrected chi connectivity index (χ4v) is 3.43. The molecule has 0 spiro atoms. The van der Waals surface area contributed by atoms with Crippen LogP contribution >= 0.6 is 0 Å². The molecule has 0 aliphatic heterocycles. The summed E-state index contributed by atoms with van der Waals surface area (Å²) in [5, 5.41) is 17.3. The van der Waals surface area contributed by atoms with Gasteiger partial charge in [-0.25, -0.2) is 0 Å². The van der Waals surface area contributed by atoms with Gasteiger partial charge in [0.15, 0.2) is 0 Å². The number of ether oxygens (including phenoxy) is 2. The minimum atomic E-state index is 0.0468. The zero-order valence-electron chi connectivity index (χ0n) is 15.5. The maximum atomic E-state index is 8.67. The molecule has 2 rings (SSSR count). The Morgan fingerprint density at radius 3 is 1.62 bits per heavy atom. The monoisotopic (exact) mass is 348 g/mol. The second kappa shape index (κ2) is 8.92. The molecule has 0 aromatic heterocycles. The third-order valence-corrected chi connectivity index (χ3v) is 4.71. The van der Waals surface area contributed by atoms with Crippen LogP contribution in [-0.2, 0) is 0 Å². The molecule has 2 aromatic rings. The van der Waals surface area contributed by atoms with E-state index < -0.39 is 0 Å². The lowest BCUT2D eigenvalue weighted by atomic mass is 9.69. The highest BCUT2D eigenvalue weighted by atomic mass is 16.5. The van der Waals surface area contributed by atoms with Crippen LogP contribution in [-0.4, -0.2) is 0 Å². The van der Waals surface area contributed by atoms with Gasteiger partial charge in [-0.15, -0.1) is 10.5 Å². The molecule has 0 heterocycles. The van der Waals surface area contributed by atoms with Gasteiger partial charge in [-0.2, -0.15) is 0 Å². The first kappa shape index (κ1) is 19.3. The Morgan fingerprint density at radius 1 is 0.846 bits per heavy atom. The number of benzene rings is 2. The van der Waals surface area contributed by atoms with E-state index in [1.807, 2.05) is 48.5 Å². The average molecular weight is 348 g/mol. The molecule has 0 saturated carbocycles. The van der Waals surface area contributed by atoms with Gasteiger partial charge in [0.25, 0.3) is 12.5 Å². The highest BCUT2D eigenvalue weighted by molar-refractivity contribution is 5.40. The zero-order valence-corrected chi connectivity index (χ0v) is 15.5. The Labute approximate surface area is 155 Å². The van der Waals surface area contributed by atoms with Crippen LogP contribution in [0.5, 0.6) is 11.5 Å². The predicted molar refractivity (Wildman–Crippen MR) is 101 cm³/mol. The van der Waals surface area contributed by atoms with E-state index in [4.69, 9.17) is 20.0 Å². The number of nitrogens with zero attached hydrogens (tertiary/aromatic N) is 2. The largest absolute Gasteiger partial charge is 0.388 e. The van der Waals surface area contributed by atoms with Gasteiger partial charge in [-0.1, -0.05) is 57.9 Å². The van der Waals surface area contributed by atoms with E-state index in [1.54, 1.807) is 12.5 Å². The van der Waals surface area contributed by atoms with Crippen molar-refractivity contribution in [2.24, 2.45) is 5.41 Å². The summed E-state index contributed by atoms with van der Waals surface area (Å²) < 4.78 is 9.80. The summed E-state index contributed by atoms with van der Waals surface area (Å²) in [5.41, 5.74) is 2.39. The molecular weight excluding hydrogens is 324 g/mol. The molecule has 26 heavy (non-hydrogen) atoms. The summed E-state index contributed by atoms with van der Waals surface area (Å²) in [7, 11) is 0. The Hall–Kier alpha value is -2.98. The van der Waals surface area contributed by atoms with Crippen molar-refractivity contribution in [2.75, 3.05) is 0 Å². The fourth-order valence-electron chi connectivity index (χ4n) is 3.43. The molecule has 134 valence electrons. The summed E-state index contributed by atoms with van der Waals surface area (Å²) in [6, 6.07) is 15.4. The third kappa shape index (κ3) is 4.77. The van der Waals surface area contributed by atoms with Gasteiger partial charge < -0.3 is 9.47 Å². The number of rotatable bonds is 8. The van der Waals surface area contributed by atoms with Crippen LogP contribution in [0.25, 0.3) is 0 Å². The maximum absolute atomic E-state index is 8.67. The van der Waals surface area contributed by atoms with Gasteiger partial charge in [0.05, 0.1) is 0 Å². The molecule has 0 aliphatic rings. The lowest BCUT2D eigenvalue weighted by Gasteiger charge is -2.35. The number of hydrogen-bond acceptors (Lipinski definition) is 4. The van der Waals surface area contributed by atoms with Crippen LogP contribution in [0.1, 0.15) is 57.1 Å². The molecule has 0 unspecified atom stereocenters. The van der Waals surface area contributed by atoms with Crippen LogP contribution in [0.15, 0.2) is 48.5 Å². The molecule has 2 aromatic carbocycles. The van der Waals surface area contributed by atoms with Gasteiger partial charge in [-0.05, 0) is 47.2 Å². The Morgan fingerprint density at radius 2 is 1.27 bits per heavy atom. The second-order valence-corrected chi connectivity index (χ2v) is 7.05. The van der Waals surface area contributed by atoms with E-state index >= 15 is 0 Å². The van der Waals surface area contributed by atoms with Crippen molar-refractivity contribution in [2.45, 2.75) is 46.0 Å². The SMILES string of the molecule is CCCCC(C)(C)C(c1ccc(OC#N)cc1)c1ccc(OC#N)cc1. The van der Waals surface area contributed by atoms with Crippen molar-refractivity contribution in [3.63, 3.8) is 0 Å². The molecule has 0 amide bonds. The number of nitriles is 2. The predicted octanol–water partition coefficient (Wildman–Crippen LogP) is 5.75. The number of hydrogen-bond donors (Lipinski definition) is 0. The quantitative estimate of drug-likeness (QED) is 0.569. The zero-order chi connectivity index (χ0) is 19.0. The summed E-state index contributed by atoms with van der Waals surface area (Å²) in [4.78, 5) is 0. The van der Waals surface area contributed by atoms with Gasteiger partial charge in [0, 0.05) is 5.92 Å². The Balaban J connectivity index is 2.41. The third-order valence-electron chi connectivity index (χ3n) is 4.71. The van der Waals surface area contributed by atoms with Crippen molar-refractivity contribution in [1.29, 1.82) is 10.5 Å². The van der Waals surface area contributed by atoms with Crippen LogP contribution < -0.4 is 9.47 Å². The average Bonchev–Trinajstić information content (AvgIpc) is 2.63. The van der Waals surface area contributed by atoms with E-state index in [0.29, 0.717) is 11.5 Å². The van der Waals surface area contributed by atoms with E-state index in [9.17, 15) is 0 Å². The standard InChI is InChI=1S/C22H24N2O2/c1-4-5-14-22(2,3)21(17-6-10-19(11-7-17)25-15-23)18-8-12-20(13-9-18)26-16-24/h6-13,21H,4-5,14H2,1-3H3. The van der Waals surface area contributed by atoms with Crippen molar-refractivity contribution in [3.8, 4) is 24.0 Å². The Bertz CT molecular complexity index is 721. The molecule has 4 heteroatoms. The van der Waals surface area contributed by atoms with Crippen molar-refractivity contribution >= 4 is 0 Å². The lowest BCUT2D eigenvalue weighted by Crippen LogP contribution is -2.23. The second-order valence-electron chi connectivity index (χ2n) is 7.05. The fraction of sp³-hybridized carbons (Fsp3) is 0.364. The van der Waals surface area contributed by atoms with Gasteiger partial charge in [0.2, 0.25) is 0 Å². The molecular formula is C22H24N2O2. The Kier molecular flexibility index (Phi) is 6.64. The molecule has 0 radical (unpaired) electrons. The van der Waals surface area contributed by atoms with Crippen LogP contribution in [0, 0.1) is 28.4 Å². The lowest BCUT2D eigenvalue weighted by molar-refractivity contribution is 0.282. The first-order valence-corrected chi connectivity index (χ1v) is 8.83. The molecule has 0 aliphatic carbocycles. The molecule has 0 N–H and O–H groups in total. The summed E-state index contributed by atoms with van der Waals surface area (Å²) in [6.45, 7) is 6.77. The van der Waals surface area contributed by atoms with Crippen LogP contribution in [0.3, 0.4) is 0 Å². The molecule has 0 bridgehead atoms. The summed E-state index contributed by atoms with van der Waals surface area (Å²) >= 11 is 0. The topological polar surface area (TPSA) is 66.0 Å². The maximum Gasteiger partial charge on any atom is 0.292 e. The first-order chi connectivity index (χ1) is 12.5. The normalized spacial score (nSPS) is 10.8.